The van der Waals surface area contributed by atoms with Gasteiger partial charge in [-0.25, -0.2) is 10.2 Å². The van der Waals surface area contributed by atoms with Crippen molar-refractivity contribution in [3.63, 3.8) is 0 Å². The molecular formula is C14H19BrN2O4. The molecule has 0 atom stereocenters. The van der Waals surface area contributed by atoms with E-state index in [1.165, 1.54) is 6.21 Å². The molecule has 0 aromatic heterocycles. The standard InChI is InChI=1S/C14H19BrN2O4/c1-5-20-11-7-9(6-10(15)12(11)18)8-16-17-13(19)21-14(2,3)4/h6-8,18H,5H2,1-4H3,(H,17,19)/b16-8+. The molecule has 0 saturated carbocycles. The summed E-state index contributed by atoms with van der Waals surface area (Å²) in [7, 11) is 0. The van der Waals surface area contributed by atoms with Crippen molar-refractivity contribution in [2.75, 3.05) is 6.61 Å². The molecule has 0 fully saturated rings. The lowest BCUT2D eigenvalue weighted by Gasteiger charge is -2.18. The van der Waals surface area contributed by atoms with Gasteiger partial charge in [0.25, 0.3) is 0 Å². The number of ether oxygens (including phenoxy) is 2. The lowest BCUT2D eigenvalue weighted by Crippen LogP contribution is -2.29. The quantitative estimate of drug-likeness (QED) is 0.638. The van der Waals surface area contributed by atoms with E-state index in [9.17, 15) is 9.90 Å². The number of phenolic OH excluding ortho intramolecular Hbond substituents is 1. The normalized spacial score (nSPS) is 11.5. The van der Waals surface area contributed by atoms with E-state index in [4.69, 9.17) is 9.47 Å². The Kier molecular flexibility index (Phi) is 6.02. The van der Waals surface area contributed by atoms with Gasteiger partial charge in [-0.3, -0.25) is 0 Å². The fraction of sp³-hybridized carbons (Fsp3) is 0.429. The fourth-order valence-electron chi connectivity index (χ4n) is 1.39. The highest BCUT2D eigenvalue weighted by Gasteiger charge is 2.15. The zero-order valence-electron chi connectivity index (χ0n) is 12.4. The van der Waals surface area contributed by atoms with E-state index < -0.39 is 11.7 Å². The van der Waals surface area contributed by atoms with Gasteiger partial charge in [-0.05, 0) is 61.3 Å². The summed E-state index contributed by atoms with van der Waals surface area (Å²) in [5.41, 5.74) is 2.33. The Balaban J connectivity index is 2.74. The number of phenols is 1. The molecule has 0 bridgehead atoms. The number of amides is 1. The third kappa shape index (κ3) is 6.03. The van der Waals surface area contributed by atoms with Gasteiger partial charge in [-0.1, -0.05) is 0 Å². The number of nitrogens with one attached hydrogen (secondary N) is 1. The molecule has 0 heterocycles. The molecule has 0 aliphatic carbocycles. The highest BCUT2D eigenvalue weighted by atomic mass is 79.9. The van der Waals surface area contributed by atoms with Gasteiger partial charge in [0, 0.05) is 0 Å². The fourth-order valence-corrected chi connectivity index (χ4v) is 1.85. The van der Waals surface area contributed by atoms with Gasteiger partial charge in [-0.2, -0.15) is 5.10 Å². The van der Waals surface area contributed by atoms with E-state index >= 15 is 0 Å². The predicted molar refractivity (Wildman–Crippen MR) is 83.9 cm³/mol. The van der Waals surface area contributed by atoms with Gasteiger partial charge in [0.2, 0.25) is 0 Å². The van der Waals surface area contributed by atoms with Crippen LogP contribution in [0.3, 0.4) is 0 Å². The van der Waals surface area contributed by atoms with Gasteiger partial charge in [-0.15, -0.1) is 0 Å². The molecule has 0 aliphatic rings. The Morgan fingerprint density at radius 2 is 2.14 bits per heavy atom. The van der Waals surface area contributed by atoms with Crippen molar-refractivity contribution in [2.45, 2.75) is 33.3 Å². The summed E-state index contributed by atoms with van der Waals surface area (Å²) in [6.07, 6.45) is 0.790. The number of benzene rings is 1. The molecule has 1 amide bonds. The van der Waals surface area contributed by atoms with Crippen LogP contribution in [0.15, 0.2) is 21.7 Å². The van der Waals surface area contributed by atoms with Gasteiger partial charge >= 0.3 is 6.09 Å². The average Bonchev–Trinajstić information content (AvgIpc) is 2.33. The number of rotatable bonds is 4. The summed E-state index contributed by atoms with van der Waals surface area (Å²) in [6.45, 7) is 7.54. The van der Waals surface area contributed by atoms with Gasteiger partial charge in [0.15, 0.2) is 11.5 Å². The monoisotopic (exact) mass is 358 g/mol. The van der Waals surface area contributed by atoms with Crippen LogP contribution in [0.25, 0.3) is 0 Å². The van der Waals surface area contributed by atoms with Crippen molar-refractivity contribution >= 4 is 28.2 Å². The molecule has 2 N–H and O–H groups in total. The molecule has 0 spiro atoms. The molecule has 6 nitrogen and oxygen atoms in total. The minimum atomic E-state index is -0.637. The van der Waals surface area contributed by atoms with Crippen LogP contribution in [0.2, 0.25) is 0 Å². The molecular weight excluding hydrogens is 340 g/mol. The van der Waals surface area contributed by atoms with Crippen LogP contribution in [0.1, 0.15) is 33.3 Å². The predicted octanol–water partition coefficient (Wildman–Crippen LogP) is 3.41. The third-order valence-corrected chi connectivity index (χ3v) is 2.72. The molecule has 0 radical (unpaired) electrons. The van der Waals surface area contributed by atoms with Crippen molar-refractivity contribution in [3.05, 3.63) is 22.2 Å². The first-order chi connectivity index (χ1) is 9.73. The maximum atomic E-state index is 11.4. The second kappa shape index (κ2) is 7.31. The summed E-state index contributed by atoms with van der Waals surface area (Å²) in [4.78, 5) is 11.4. The molecule has 1 aromatic rings. The molecule has 0 saturated heterocycles. The Morgan fingerprint density at radius 3 is 2.71 bits per heavy atom. The van der Waals surface area contributed by atoms with Crippen molar-refractivity contribution < 1.29 is 19.4 Å². The topological polar surface area (TPSA) is 80.2 Å². The van der Waals surface area contributed by atoms with E-state index in [-0.39, 0.29) is 5.75 Å². The van der Waals surface area contributed by atoms with Crippen molar-refractivity contribution in [1.82, 2.24) is 5.43 Å². The molecule has 0 unspecified atom stereocenters. The van der Waals surface area contributed by atoms with Crippen LogP contribution in [-0.2, 0) is 4.74 Å². The zero-order chi connectivity index (χ0) is 16.0. The lowest BCUT2D eigenvalue weighted by molar-refractivity contribution is 0.0529. The molecule has 116 valence electrons. The maximum Gasteiger partial charge on any atom is 0.428 e. The summed E-state index contributed by atoms with van der Waals surface area (Å²) < 4.78 is 10.8. The van der Waals surface area contributed by atoms with Crippen LogP contribution in [-0.4, -0.2) is 29.6 Å². The number of carbonyl (C=O) groups is 1. The molecule has 1 rings (SSSR count). The Bertz CT molecular complexity index is 539. The molecule has 7 heteroatoms. The summed E-state index contributed by atoms with van der Waals surface area (Å²) in [6, 6.07) is 3.27. The highest BCUT2D eigenvalue weighted by Crippen LogP contribution is 2.34. The molecule has 1 aromatic carbocycles. The van der Waals surface area contributed by atoms with E-state index in [2.05, 4.69) is 26.5 Å². The summed E-state index contributed by atoms with van der Waals surface area (Å²) >= 11 is 3.22. The van der Waals surface area contributed by atoms with E-state index in [1.807, 2.05) is 6.92 Å². The van der Waals surface area contributed by atoms with Crippen molar-refractivity contribution in [2.24, 2.45) is 5.10 Å². The minimum absolute atomic E-state index is 0.0223. The Morgan fingerprint density at radius 1 is 1.48 bits per heavy atom. The number of hydrogen-bond acceptors (Lipinski definition) is 5. The van der Waals surface area contributed by atoms with Gasteiger partial charge in [0.05, 0.1) is 17.3 Å². The van der Waals surface area contributed by atoms with E-state index in [0.717, 1.165) is 0 Å². The first-order valence-electron chi connectivity index (χ1n) is 6.40. The third-order valence-electron chi connectivity index (χ3n) is 2.12. The van der Waals surface area contributed by atoms with Gasteiger partial charge < -0.3 is 14.6 Å². The second-order valence-electron chi connectivity index (χ2n) is 5.15. The SMILES string of the molecule is CCOc1cc(/C=N/NC(=O)OC(C)(C)C)cc(Br)c1O. The first-order valence-corrected chi connectivity index (χ1v) is 7.19. The molecule has 0 aliphatic heterocycles. The van der Waals surface area contributed by atoms with Crippen LogP contribution in [0.5, 0.6) is 11.5 Å². The highest BCUT2D eigenvalue weighted by molar-refractivity contribution is 9.10. The van der Waals surface area contributed by atoms with Crippen molar-refractivity contribution in [1.29, 1.82) is 0 Å². The zero-order valence-corrected chi connectivity index (χ0v) is 14.0. The second-order valence-corrected chi connectivity index (χ2v) is 6.01. The van der Waals surface area contributed by atoms with Gasteiger partial charge in [0.1, 0.15) is 5.60 Å². The van der Waals surface area contributed by atoms with Crippen LogP contribution in [0.4, 0.5) is 4.79 Å². The summed E-state index contributed by atoms with van der Waals surface area (Å²) in [5.74, 6) is 0.361. The maximum absolute atomic E-state index is 11.4. The first kappa shape index (κ1) is 17.3. The number of aromatic hydroxyl groups is 1. The van der Waals surface area contributed by atoms with Crippen LogP contribution >= 0.6 is 15.9 Å². The Labute approximate surface area is 132 Å². The summed E-state index contributed by atoms with van der Waals surface area (Å²) in [5, 5.41) is 13.6. The molecule has 21 heavy (non-hydrogen) atoms. The minimum Gasteiger partial charge on any atom is -0.503 e. The average molecular weight is 359 g/mol. The number of halogens is 1. The number of hydrogen-bond donors (Lipinski definition) is 2. The largest absolute Gasteiger partial charge is 0.503 e. The number of nitrogens with zero attached hydrogens (tertiary/aromatic N) is 1. The van der Waals surface area contributed by atoms with E-state index in [1.54, 1.807) is 32.9 Å². The lowest BCUT2D eigenvalue weighted by atomic mass is 10.2. The number of hydrazone groups is 1. The Hall–Kier alpha value is -1.76. The number of carbonyl (C=O) groups excluding carboxylic acids is 1. The smallest absolute Gasteiger partial charge is 0.428 e. The van der Waals surface area contributed by atoms with Crippen molar-refractivity contribution in [3.8, 4) is 11.5 Å². The van der Waals surface area contributed by atoms with Crippen LogP contribution < -0.4 is 10.2 Å². The van der Waals surface area contributed by atoms with Crippen LogP contribution in [0, 0.1) is 0 Å². The van der Waals surface area contributed by atoms with E-state index in [0.29, 0.717) is 22.4 Å².